The number of aliphatic hydroxyl groups is 1. The van der Waals surface area contributed by atoms with Gasteiger partial charge in [-0.1, -0.05) is 23.7 Å². The standard InChI is InChI=1S/C22H27ClN4O3/c23-19-12-26-21(27-22(29)18-11-24-13-20(18)28)9-17(19)15-2-1-3-16(8-15)25-10-14-4-6-30-7-5-14/h1-3,8-9,12,14,18,20,24-25,28H,4-7,10-11,13H2,(H,26,27,29)/t18-,20+/m0/s1. The van der Waals surface area contributed by atoms with Gasteiger partial charge in [0, 0.05) is 50.3 Å². The first-order valence-corrected chi connectivity index (χ1v) is 10.7. The first-order chi connectivity index (χ1) is 14.6. The van der Waals surface area contributed by atoms with Gasteiger partial charge in [0.15, 0.2) is 0 Å². The molecule has 0 radical (unpaired) electrons. The fourth-order valence-electron chi connectivity index (χ4n) is 3.89. The summed E-state index contributed by atoms with van der Waals surface area (Å²) in [6, 6.07) is 9.83. The van der Waals surface area contributed by atoms with E-state index in [1.807, 2.05) is 18.2 Å². The van der Waals surface area contributed by atoms with Crippen LogP contribution >= 0.6 is 11.6 Å². The average Bonchev–Trinajstić information content (AvgIpc) is 3.20. The van der Waals surface area contributed by atoms with Crippen LogP contribution in [0.15, 0.2) is 36.5 Å². The van der Waals surface area contributed by atoms with E-state index >= 15 is 0 Å². The van der Waals surface area contributed by atoms with Gasteiger partial charge in [-0.05, 0) is 42.5 Å². The first kappa shape index (κ1) is 21.1. The van der Waals surface area contributed by atoms with E-state index in [0.29, 0.717) is 29.8 Å². The zero-order valence-corrected chi connectivity index (χ0v) is 17.5. The highest BCUT2D eigenvalue weighted by molar-refractivity contribution is 6.33. The van der Waals surface area contributed by atoms with Crippen molar-refractivity contribution in [1.29, 1.82) is 0 Å². The molecule has 1 amide bonds. The topological polar surface area (TPSA) is 95.5 Å². The summed E-state index contributed by atoms with van der Waals surface area (Å²) in [4.78, 5) is 16.7. The summed E-state index contributed by atoms with van der Waals surface area (Å²) in [6.07, 6.45) is 3.02. The zero-order valence-electron chi connectivity index (χ0n) is 16.7. The number of β-amino-alcohol motifs (C(OH)–C–C–N with tert-alkyl or cyclic N) is 1. The molecule has 4 N–H and O–H groups in total. The van der Waals surface area contributed by atoms with Gasteiger partial charge in [0.2, 0.25) is 5.91 Å². The van der Waals surface area contributed by atoms with E-state index in [4.69, 9.17) is 16.3 Å². The second kappa shape index (κ2) is 9.75. The van der Waals surface area contributed by atoms with E-state index in [2.05, 4.69) is 27.0 Å². The normalized spacial score (nSPS) is 22.1. The fourth-order valence-corrected chi connectivity index (χ4v) is 4.10. The molecular weight excluding hydrogens is 404 g/mol. The summed E-state index contributed by atoms with van der Waals surface area (Å²) in [5.74, 6) is 0.303. The van der Waals surface area contributed by atoms with Crippen LogP contribution in [-0.2, 0) is 9.53 Å². The summed E-state index contributed by atoms with van der Waals surface area (Å²) in [7, 11) is 0. The van der Waals surface area contributed by atoms with Gasteiger partial charge in [-0.3, -0.25) is 4.79 Å². The van der Waals surface area contributed by atoms with Crippen LogP contribution < -0.4 is 16.0 Å². The highest BCUT2D eigenvalue weighted by Crippen LogP contribution is 2.31. The molecule has 160 valence electrons. The van der Waals surface area contributed by atoms with E-state index < -0.39 is 12.0 Å². The monoisotopic (exact) mass is 430 g/mol. The Kier molecular flexibility index (Phi) is 6.84. The Balaban J connectivity index is 1.46. The van der Waals surface area contributed by atoms with Crippen LogP contribution in [0.5, 0.6) is 0 Å². The number of nitrogens with one attached hydrogen (secondary N) is 3. The van der Waals surface area contributed by atoms with Gasteiger partial charge in [0.1, 0.15) is 5.82 Å². The van der Waals surface area contributed by atoms with Crippen molar-refractivity contribution in [3.63, 3.8) is 0 Å². The number of aromatic nitrogens is 1. The van der Waals surface area contributed by atoms with Crippen LogP contribution in [0.3, 0.4) is 0 Å². The minimum Gasteiger partial charge on any atom is -0.391 e. The average molecular weight is 431 g/mol. The van der Waals surface area contributed by atoms with Crippen molar-refractivity contribution in [2.24, 2.45) is 11.8 Å². The summed E-state index contributed by atoms with van der Waals surface area (Å²) in [5.41, 5.74) is 2.76. The molecule has 7 nitrogen and oxygen atoms in total. The molecule has 2 atom stereocenters. The Bertz CT molecular complexity index is 888. The molecule has 1 aromatic heterocycles. The van der Waals surface area contributed by atoms with Crippen molar-refractivity contribution >= 4 is 29.0 Å². The molecule has 0 unspecified atom stereocenters. The van der Waals surface area contributed by atoms with Gasteiger partial charge in [-0.25, -0.2) is 4.98 Å². The summed E-state index contributed by atoms with van der Waals surface area (Å²) >= 11 is 6.41. The third kappa shape index (κ3) is 5.10. The number of hydrogen-bond donors (Lipinski definition) is 4. The number of aliphatic hydroxyl groups excluding tert-OH is 1. The van der Waals surface area contributed by atoms with Crippen LogP contribution in [0.25, 0.3) is 11.1 Å². The van der Waals surface area contributed by atoms with Crippen LogP contribution in [-0.4, -0.2) is 54.9 Å². The molecule has 1 aromatic carbocycles. The number of halogens is 1. The van der Waals surface area contributed by atoms with E-state index in [0.717, 1.165) is 49.4 Å². The molecule has 8 heteroatoms. The van der Waals surface area contributed by atoms with E-state index in [1.165, 1.54) is 6.20 Å². The lowest BCUT2D eigenvalue weighted by Gasteiger charge is -2.22. The largest absolute Gasteiger partial charge is 0.391 e. The number of carbonyl (C=O) groups excluding carboxylic acids is 1. The number of pyridine rings is 1. The van der Waals surface area contributed by atoms with Gasteiger partial charge < -0.3 is 25.8 Å². The molecule has 2 aliphatic heterocycles. The Morgan fingerprint density at radius 2 is 2.10 bits per heavy atom. The van der Waals surface area contributed by atoms with Gasteiger partial charge >= 0.3 is 0 Å². The third-order valence-electron chi connectivity index (χ3n) is 5.73. The van der Waals surface area contributed by atoms with Crippen LogP contribution in [0.4, 0.5) is 11.5 Å². The van der Waals surface area contributed by atoms with Crippen LogP contribution in [0.2, 0.25) is 5.02 Å². The molecule has 2 fully saturated rings. The number of hydrogen-bond acceptors (Lipinski definition) is 6. The van der Waals surface area contributed by atoms with Gasteiger partial charge in [0.05, 0.1) is 17.0 Å². The highest BCUT2D eigenvalue weighted by Gasteiger charge is 2.31. The van der Waals surface area contributed by atoms with Gasteiger partial charge in [-0.15, -0.1) is 0 Å². The quantitative estimate of drug-likeness (QED) is 0.563. The van der Waals surface area contributed by atoms with E-state index in [-0.39, 0.29) is 5.91 Å². The summed E-state index contributed by atoms with van der Waals surface area (Å²) in [6.45, 7) is 3.46. The molecule has 0 bridgehead atoms. The number of benzene rings is 1. The number of nitrogens with zero attached hydrogens (tertiary/aromatic N) is 1. The second-order valence-electron chi connectivity index (χ2n) is 7.89. The highest BCUT2D eigenvalue weighted by atomic mass is 35.5. The lowest BCUT2D eigenvalue weighted by molar-refractivity contribution is -0.121. The van der Waals surface area contributed by atoms with Gasteiger partial charge in [-0.2, -0.15) is 0 Å². The molecule has 30 heavy (non-hydrogen) atoms. The van der Waals surface area contributed by atoms with E-state index in [1.54, 1.807) is 6.07 Å². The van der Waals surface area contributed by atoms with Crippen molar-refractivity contribution in [1.82, 2.24) is 10.3 Å². The first-order valence-electron chi connectivity index (χ1n) is 10.4. The van der Waals surface area contributed by atoms with E-state index in [9.17, 15) is 9.90 Å². The summed E-state index contributed by atoms with van der Waals surface area (Å²) < 4.78 is 5.42. The number of ether oxygens (including phenoxy) is 1. The molecule has 4 rings (SSSR count). The second-order valence-corrected chi connectivity index (χ2v) is 8.30. The van der Waals surface area contributed by atoms with Crippen LogP contribution in [0.1, 0.15) is 12.8 Å². The predicted octanol–water partition coefficient (Wildman–Crippen LogP) is 2.76. The van der Waals surface area contributed by atoms with Crippen molar-refractivity contribution < 1.29 is 14.6 Å². The van der Waals surface area contributed by atoms with Crippen molar-refractivity contribution in [2.75, 3.05) is 43.5 Å². The Labute approximate surface area is 181 Å². The Hall–Kier alpha value is -2.19. The maximum atomic E-state index is 12.4. The van der Waals surface area contributed by atoms with Crippen LogP contribution in [0, 0.1) is 11.8 Å². The summed E-state index contributed by atoms with van der Waals surface area (Å²) in [5, 5.41) is 19.7. The number of anilines is 2. The smallest absolute Gasteiger partial charge is 0.232 e. The van der Waals surface area contributed by atoms with Gasteiger partial charge in [0.25, 0.3) is 0 Å². The van der Waals surface area contributed by atoms with Crippen molar-refractivity contribution in [3.05, 3.63) is 41.6 Å². The molecule has 3 heterocycles. The third-order valence-corrected chi connectivity index (χ3v) is 6.04. The molecule has 2 aliphatic rings. The molecule has 2 saturated heterocycles. The maximum absolute atomic E-state index is 12.4. The molecule has 0 aliphatic carbocycles. The van der Waals surface area contributed by atoms with Crippen molar-refractivity contribution in [3.8, 4) is 11.1 Å². The molecule has 2 aromatic rings. The Morgan fingerprint density at radius 3 is 2.87 bits per heavy atom. The lowest BCUT2D eigenvalue weighted by atomic mass is 10.00. The molecule has 0 spiro atoms. The predicted molar refractivity (Wildman–Crippen MR) is 118 cm³/mol. The zero-order chi connectivity index (χ0) is 20.9. The lowest BCUT2D eigenvalue weighted by Crippen LogP contribution is -2.31. The number of rotatable bonds is 6. The fraction of sp³-hybridized carbons (Fsp3) is 0.455. The Morgan fingerprint density at radius 1 is 1.27 bits per heavy atom. The SMILES string of the molecule is O=C(Nc1cc(-c2cccc(NCC3CCOCC3)c2)c(Cl)cn1)[C@H]1CNC[C@H]1O. The number of carbonyl (C=O) groups is 1. The minimum absolute atomic E-state index is 0.250. The van der Waals surface area contributed by atoms with Crippen molar-refractivity contribution in [2.45, 2.75) is 18.9 Å². The molecular formula is C22H27ClN4O3. The number of amides is 1. The minimum atomic E-state index is -0.685. The molecule has 0 saturated carbocycles. The maximum Gasteiger partial charge on any atom is 0.232 e.